The van der Waals surface area contributed by atoms with Crippen LogP contribution in [0.2, 0.25) is 0 Å². The predicted molar refractivity (Wildman–Crippen MR) is 73.9 cm³/mol. The lowest BCUT2D eigenvalue weighted by Gasteiger charge is -2.12. The van der Waals surface area contributed by atoms with Gasteiger partial charge < -0.3 is 5.32 Å². The SMILES string of the molecule is CCNCc1ccc(C)cc1-c1ccc(F)cc1F. The van der Waals surface area contributed by atoms with Crippen LogP contribution >= 0.6 is 0 Å². The number of hydrogen-bond acceptors (Lipinski definition) is 1. The van der Waals surface area contributed by atoms with E-state index in [1.807, 2.05) is 32.0 Å². The second-order valence-corrected chi connectivity index (χ2v) is 4.57. The van der Waals surface area contributed by atoms with Crippen molar-refractivity contribution < 1.29 is 8.78 Å². The first-order valence-corrected chi connectivity index (χ1v) is 6.37. The van der Waals surface area contributed by atoms with Gasteiger partial charge in [-0.2, -0.15) is 0 Å². The second-order valence-electron chi connectivity index (χ2n) is 4.57. The van der Waals surface area contributed by atoms with Gasteiger partial charge in [0.1, 0.15) is 11.6 Å². The van der Waals surface area contributed by atoms with Crippen LogP contribution in [0.1, 0.15) is 18.1 Å². The lowest BCUT2D eigenvalue weighted by Crippen LogP contribution is -2.12. The fourth-order valence-electron chi connectivity index (χ4n) is 2.06. The van der Waals surface area contributed by atoms with E-state index in [4.69, 9.17) is 0 Å². The van der Waals surface area contributed by atoms with Crippen molar-refractivity contribution in [2.24, 2.45) is 0 Å². The number of benzene rings is 2. The summed E-state index contributed by atoms with van der Waals surface area (Å²) in [6.07, 6.45) is 0. The summed E-state index contributed by atoms with van der Waals surface area (Å²) in [5, 5.41) is 3.23. The van der Waals surface area contributed by atoms with Crippen LogP contribution < -0.4 is 5.32 Å². The molecule has 0 aliphatic carbocycles. The summed E-state index contributed by atoms with van der Waals surface area (Å²) < 4.78 is 26.9. The molecule has 2 rings (SSSR count). The van der Waals surface area contributed by atoms with Crippen molar-refractivity contribution >= 4 is 0 Å². The Bertz CT molecular complexity index is 579. The van der Waals surface area contributed by atoms with Gasteiger partial charge in [0.05, 0.1) is 0 Å². The molecular weight excluding hydrogens is 244 g/mol. The minimum atomic E-state index is -0.554. The summed E-state index contributed by atoms with van der Waals surface area (Å²) in [7, 11) is 0. The van der Waals surface area contributed by atoms with Gasteiger partial charge in [0, 0.05) is 18.2 Å². The van der Waals surface area contributed by atoms with E-state index in [1.165, 1.54) is 12.1 Å². The van der Waals surface area contributed by atoms with Gasteiger partial charge >= 0.3 is 0 Å². The third kappa shape index (κ3) is 3.18. The Balaban J connectivity index is 2.49. The molecule has 0 heterocycles. The highest BCUT2D eigenvalue weighted by Gasteiger charge is 2.10. The van der Waals surface area contributed by atoms with Crippen molar-refractivity contribution in [3.8, 4) is 11.1 Å². The van der Waals surface area contributed by atoms with E-state index < -0.39 is 11.6 Å². The topological polar surface area (TPSA) is 12.0 Å². The molecule has 2 aromatic rings. The molecule has 100 valence electrons. The fraction of sp³-hybridized carbons (Fsp3) is 0.250. The van der Waals surface area contributed by atoms with E-state index in [0.717, 1.165) is 29.3 Å². The summed E-state index contributed by atoms with van der Waals surface area (Å²) in [5.41, 5.74) is 3.33. The van der Waals surface area contributed by atoms with Crippen molar-refractivity contribution in [1.82, 2.24) is 5.32 Å². The predicted octanol–water partition coefficient (Wildman–Crippen LogP) is 4.05. The highest BCUT2D eigenvalue weighted by Crippen LogP contribution is 2.28. The molecule has 3 heteroatoms. The van der Waals surface area contributed by atoms with Crippen LogP contribution in [0, 0.1) is 18.6 Å². The first kappa shape index (κ1) is 13.7. The third-order valence-corrected chi connectivity index (χ3v) is 3.05. The molecule has 0 amide bonds. The summed E-state index contributed by atoms with van der Waals surface area (Å²) >= 11 is 0. The zero-order valence-corrected chi connectivity index (χ0v) is 11.1. The molecule has 0 unspecified atom stereocenters. The van der Waals surface area contributed by atoms with Gasteiger partial charge in [-0.3, -0.25) is 0 Å². The normalized spacial score (nSPS) is 10.7. The Morgan fingerprint density at radius 1 is 1.00 bits per heavy atom. The van der Waals surface area contributed by atoms with E-state index in [-0.39, 0.29) is 0 Å². The van der Waals surface area contributed by atoms with Crippen molar-refractivity contribution in [2.75, 3.05) is 6.54 Å². The molecule has 0 radical (unpaired) electrons. The standard InChI is InChI=1S/C16H17F2N/c1-3-19-10-12-5-4-11(2)8-15(12)14-7-6-13(17)9-16(14)18/h4-9,19H,3,10H2,1-2H3. The zero-order valence-electron chi connectivity index (χ0n) is 11.1. The molecule has 0 aliphatic rings. The molecule has 0 saturated carbocycles. The van der Waals surface area contributed by atoms with E-state index in [1.54, 1.807) is 0 Å². The molecular formula is C16H17F2N. The lowest BCUT2D eigenvalue weighted by molar-refractivity contribution is 0.585. The van der Waals surface area contributed by atoms with Crippen molar-refractivity contribution in [1.29, 1.82) is 0 Å². The van der Waals surface area contributed by atoms with Gasteiger partial charge in [-0.05, 0) is 36.7 Å². The highest BCUT2D eigenvalue weighted by molar-refractivity contribution is 5.68. The maximum absolute atomic E-state index is 13.9. The van der Waals surface area contributed by atoms with E-state index in [9.17, 15) is 8.78 Å². The van der Waals surface area contributed by atoms with Crippen LogP contribution in [0.15, 0.2) is 36.4 Å². The Morgan fingerprint density at radius 2 is 1.79 bits per heavy atom. The first-order chi connectivity index (χ1) is 9.11. The molecule has 0 spiro atoms. The summed E-state index contributed by atoms with van der Waals surface area (Å²) in [6.45, 7) is 5.50. The highest BCUT2D eigenvalue weighted by atomic mass is 19.1. The van der Waals surface area contributed by atoms with Crippen LogP contribution in [0.5, 0.6) is 0 Å². The molecule has 2 aromatic carbocycles. The molecule has 0 bridgehead atoms. The Kier molecular flexibility index (Phi) is 4.27. The molecule has 1 nitrogen and oxygen atoms in total. The van der Waals surface area contributed by atoms with Crippen molar-refractivity contribution in [3.05, 3.63) is 59.2 Å². The smallest absolute Gasteiger partial charge is 0.133 e. The Labute approximate surface area is 112 Å². The molecule has 0 aromatic heterocycles. The fourth-order valence-corrected chi connectivity index (χ4v) is 2.06. The third-order valence-electron chi connectivity index (χ3n) is 3.05. The van der Waals surface area contributed by atoms with E-state index >= 15 is 0 Å². The van der Waals surface area contributed by atoms with E-state index in [0.29, 0.717) is 12.1 Å². The summed E-state index contributed by atoms with van der Waals surface area (Å²) in [5.74, 6) is -1.08. The van der Waals surface area contributed by atoms with Crippen molar-refractivity contribution in [3.63, 3.8) is 0 Å². The number of rotatable bonds is 4. The number of hydrogen-bond donors (Lipinski definition) is 1. The molecule has 0 fully saturated rings. The minimum absolute atomic E-state index is 0.443. The van der Waals surface area contributed by atoms with E-state index in [2.05, 4.69) is 5.32 Å². The second kappa shape index (κ2) is 5.93. The number of nitrogens with one attached hydrogen (secondary N) is 1. The van der Waals surface area contributed by atoms with Crippen LogP contribution in [0.4, 0.5) is 8.78 Å². The molecule has 0 atom stereocenters. The Morgan fingerprint density at radius 3 is 2.47 bits per heavy atom. The monoisotopic (exact) mass is 261 g/mol. The number of halogens is 2. The summed E-state index contributed by atoms with van der Waals surface area (Å²) in [6, 6.07) is 9.62. The maximum atomic E-state index is 13.9. The number of aryl methyl sites for hydroxylation is 1. The first-order valence-electron chi connectivity index (χ1n) is 6.37. The van der Waals surface area contributed by atoms with Crippen molar-refractivity contribution in [2.45, 2.75) is 20.4 Å². The van der Waals surface area contributed by atoms with Gasteiger partial charge in [-0.1, -0.05) is 30.7 Å². The Hall–Kier alpha value is -1.74. The van der Waals surface area contributed by atoms with Crippen LogP contribution in [-0.4, -0.2) is 6.54 Å². The molecule has 1 N–H and O–H groups in total. The molecule has 19 heavy (non-hydrogen) atoms. The quantitative estimate of drug-likeness (QED) is 0.875. The molecule has 0 aliphatic heterocycles. The van der Waals surface area contributed by atoms with Gasteiger partial charge in [0.2, 0.25) is 0 Å². The minimum Gasteiger partial charge on any atom is -0.313 e. The zero-order chi connectivity index (χ0) is 13.8. The maximum Gasteiger partial charge on any atom is 0.133 e. The largest absolute Gasteiger partial charge is 0.313 e. The average Bonchev–Trinajstić information content (AvgIpc) is 2.37. The summed E-state index contributed by atoms with van der Waals surface area (Å²) in [4.78, 5) is 0. The lowest BCUT2D eigenvalue weighted by atomic mass is 9.97. The van der Waals surface area contributed by atoms with Gasteiger partial charge in [-0.15, -0.1) is 0 Å². The van der Waals surface area contributed by atoms with Gasteiger partial charge in [0.25, 0.3) is 0 Å². The van der Waals surface area contributed by atoms with Crippen LogP contribution in [0.3, 0.4) is 0 Å². The van der Waals surface area contributed by atoms with Gasteiger partial charge in [-0.25, -0.2) is 8.78 Å². The van der Waals surface area contributed by atoms with Crippen LogP contribution in [0.25, 0.3) is 11.1 Å². The molecule has 0 saturated heterocycles. The average molecular weight is 261 g/mol. The van der Waals surface area contributed by atoms with Crippen LogP contribution in [-0.2, 0) is 6.54 Å². The van der Waals surface area contributed by atoms with Gasteiger partial charge in [0.15, 0.2) is 0 Å².